The molecule has 1 aliphatic heterocycles. The highest BCUT2D eigenvalue weighted by Crippen LogP contribution is 2.31. The van der Waals surface area contributed by atoms with E-state index in [0.717, 1.165) is 5.56 Å². The summed E-state index contributed by atoms with van der Waals surface area (Å²) in [6.45, 7) is 0. The van der Waals surface area contributed by atoms with Crippen molar-refractivity contribution in [1.29, 1.82) is 0 Å². The van der Waals surface area contributed by atoms with Crippen LogP contribution in [0.25, 0.3) is 11.3 Å². The van der Waals surface area contributed by atoms with Crippen molar-refractivity contribution in [3.8, 4) is 17.0 Å². The van der Waals surface area contributed by atoms with Gasteiger partial charge in [-0.25, -0.2) is 14.8 Å². The predicted octanol–water partition coefficient (Wildman–Crippen LogP) is 4.19. The first-order valence-electron chi connectivity index (χ1n) is 10.1. The van der Waals surface area contributed by atoms with Crippen molar-refractivity contribution in [3.05, 3.63) is 76.6 Å². The van der Waals surface area contributed by atoms with Gasteiger partial charge in [0.15, 0.2) is 5.71 Å². The van der Waals surface area contributed by atoms with E-state index in [-0.39, 0.29) is 11.3 Å². The number of aromatic carboxylic acids is 1. The van der Waals surface area contributed by atoms with E-state index in [1.165, 1.54) is 39.8 Å². The van der Waals surface area contributed by atoms with Gasteiger partial charge in [-0.3, -0.25) is 10.2 Å². The number of nitrogens with one attached hydrogen (secondary N) is 1. The van der Waals surface area contributed by atoms with Crippen molar-refractivity contribution in [2.24, 2.45) is 10.2 Å². The number of anilines is 2. The van der Waals surface area contributed by atoms with Gasteiger partial charge in [-0.15, -0.1) is 22.7 Å². The zero-order chi connectivity index (χ0) is 24.4. The number of amides is 1. The lowest BCUT2D eigenvalue weighted by molar-refractivity contribution is -0.112. The monoisotopic (exact) mass is 504 g/mol. The molecule has 4 aromatic rings. The van der Waals surface area contributed by atoms with E-state index in [1.807, 2.05) is 6.07 Å². The van der Waals surface area contributed by atoms with Crippen LogP contribution in [0.15, 0.2) is 75.7 Å². The Labute approximate surface area is 206 Å². The third-order valence-corrected chi connectivity index (χ3v) is 6.45. The number of aromatic nitrogens is 2. The third-order valence-electron chi connectivity index (χ3n) is 4.96. The van der Waals surface area contributed by atoms with Crippen LogP contribution in [0.4, 0.5) is 10.3 Å². The number of hydrazone groups is 2. The van der Waals surface area contributed by atoms with Gasteiger partial charge in [0, 0.05) is 28.1 Å². The van der Waals surface area contributed by atoms with Gasteiger partial charge >= 0.3 is 11.9 Å². The second-order valence-electron chi connectivity index (χ2n) is 7.10. The van der Waals surface area contributed by atoms with Crippen LogP contribution >= 0.6 is 22.7 Å². The standard InChI is InChI=1S/C23H16N6O4S2/c1-33-16-4-2-3-15(11-16)18-19(26-27-22-24-9-10-34-22)20(30)29(28-18)23-25-17(12-35-23)13-5-7-14(8-6-13)21(31)32/h2-12H,1H3,(H,24,27)(H,31,32)/b26-19-. The number of nitrogens with zero attached hydrogens (tertiary/aromatic N) is 5. The lowest BCUT2D eigenvalue weighted by Gasteiger charge is -2.06. The molecule has 2 aromatic heterocycles. The summed E-state index contributed by atoms with van der Waals surface area (Å²) in [5, 5.41) is 23.6. The van der Waals surface area contributed by atoms with Gasteiger partial charge in [0.1, 0.15) is 11.5 Å². The van der Waals surface area contributed by atoms with Gasteiger partial charge < -0.3 is 9.84 Å². The van der Waals surface area contributed by atoms with E-state index in [0.29, 0.717) is 33.0 Å². The van der Waals surface area contributed by atoms with Crippen molar-refractivity contribution < 1.29 is 19.4 Å². The highest BCUT2D eigenvalue weighted by atomic mass is 32.1. The van der Waals surface area contributed by atoms with Crippen molar-refractivity contribution in [2.45, 2.75) is 0 Å². The minimum atomic E-state index is -1.00. The molecule has 0 spiro atoms. The summed E-state index contributed by atoms with van der Waals surface area (Å²) >= 11 is 2.59. The number of rotatable bonds is 7. The summed E-state index contributed by atoms with van der Waals surface area (Å²) in [6, 6.07) is 13.5. The fraction of sp³-hybridized carbons (Fsp3) is 0.0435. The van der Waals surface area contributed by atoms with Gasteiger partial charge in [0.2, 0.25) is 10.3 Å². The van der Waals surface area contributed by atoms with E-state index < -0.39 is 11.9 Å². The van der Waals surface area contributed by atoms with Crippen LogP contribution in [0, 0.1) is 0 Å². The minimum Gasteiger partial charge on any atom is -0.497 e. The van der Waals surface area contributed by atoms with E-state index in [9.17, 15) is 9.59 Å². The Balaban J connectivity index is 1.50. The molecule has 174 valence electrons. The maximum absolute atomic E-state index is 13.4. The number of hydrogen-bond acceptors (Lipinski definition) is 10. The molecule has 12 heteroatoms. The van der Waals surface area contributed by atoms with Crippen LogP contribution < -0.4 is 15.2 Å². The van der Waals surface area contributed by atoms with Crippen molar-refractivity contribution in [3.63, 3.8) is 0 Å². The van der Waals surface area contributed by atoms with Crippen molar-refractivity contribution in [1.82, 2.24) is 9.97 Å². The topological polar surface area (TPSA) is 129 Å². The Bertz CT molecular complexity index is 1460. The number of carbonyl (C=O) groups excluding carboxylic acids is 1. The quantitative estimate of drug-likeness (QED) is 0.361. The van der Waals surface area contributed by atoms with Crippen LogP contribution in [0.2, 0.25) is 0 Å². The van der Waals surface area contributed by atoms with Gasteiger partial charge in [0.05, 0.1) is 18.4 Å². The van der Waals surface area contributed by atoms with Crippen molar-refractivity contribution >= 4 is 56.2 Å². The smallest absolute Gasteiger partial charge is 0.335 e. The fourth-order valence-electron chi connectivity index (χ4n) is 3.25. The molecular formula is C23H16N6O4S2. The first kappa shape index (κ1) is 22.4. The van der Waals surface area contributed by atoms with Crippen LogP contribution in [0.1, 0.15) is 15.9 Å². The second kappa shape index (κ2) is 9.44. The van der Waals surface area contributed by atoms with Crippen LogP contribution in [-0.4, -0.2) is 45.5 Å². The molecule has 1 aliphatic rings. The first-order chi connectivity index (χ1) is 17.0. The molecule has 35 heavy (non-hydrogen) atoms. The highest BCUT2D eigenvalue weighted by Gasteiger charge is 2.36. The Morgan fingerprint density at radius 3 is 2.69 bits per heavy atom. The largest absolute Gasteiger partial charge is 0.497 e. The Kier molecular flexibility index (Phi) is 6.04. The number of carboxylic acid groups (broad SMARTS) is 1. The molecule has 0 atom stereocenters. The summed E-state index contributed by atoms with van der Waals surface area (Å²) in [7, 11) is 1.56. The maximum atomic E-state index is 13.4. The van der Waals surface area contributed by atoms with Crippen LogP contribution in [0.3, 0.4) is 0 Å². The molecule has 0 unspecified atom stereocenters. The minimum absolute atomic E-state index is 0.107. The lowest BCUT2D eigenvalue weighted by atomic mass is 10.1. The molecule has 3 heterocycles. The van der Waals surface area contributed by atoms with E-state index >= 15 is 0 Å². The molecule has 2 aromatic carbocycles. The number of ether oxygens (including phenoxy) is 1. The Hall–Kier alpha value is -4.42. The maximum Gasteiger partial charge on any atom is 0.335 e. The number of methoxy groups -OCH3 is 1. The second-order valence-corrected chi connectivity index (χ2v) is 8.84. The van der Waals surface area contributed by atoms with E-state index in [1.54, 1.807) is 54.4 Å². The average Bonchev–Trinajstić information content (AvgIpc) is 3.63. The number of benzene rings is 2. The molecule has 0 radical (unpaired) electrons. The molecule has 5 rings (SSSR count). The number of carbonyl (C=O) groups is 2. The molecule has 10 nitrogen and oxygen atoms in total. The van der Waals surface area contributed by atoms with Crippen molar-refractivity contribution in [2.75, 3.05) is 17.5 Å². The summed E-state index contributed by atoms with van der Waals surface area (Å²) in [5.41, 5.74) is 5.44. The molecule has 1 amide bonds. The molecule has 2 N–H and O–H groups in total. The number of carboxylic acids is 1. The Morgan fingerprint density at radius 1 is 1.14 bits per heavy atom. The first-order valence-corrected chi connectivity index (χ1v) is 11.9. The van der Waals surface area contributed by atoms with Crippen LogP contribution in [-0.2, 0) is 4.79 Å². The molecule has 0 saturated carbocycles. The van der Waals surface area contributed by atoms with Gasteiger partial charge in [-0.05, 0) is 24.3 Å². The zero-order valence-corrected chi connectivity index (χ0v) is 19.7. The van der Waals surface area contributed by atoms with E-state index in [4.69, 9.17) is 9.84 Å². The number of hydrogen-bond donors (Lipinski definition) is 2. The zero-order valence-electron chi connectivity index (χ0n) is 18.1. The van der Waals surface area contributed by atoms with Crippen LogP contribution in [0.5, 0.6) is 5.75 Å². The summed E-state index contributed by atoms with van der Waals surface area (Å²) in [4.78, 5) is 33.2. The van der Waals surface area contributed by atoms with Gasteiger partial charge in [-0.1, -0.05) is 24.3 Å². The predicted molar refractivity (Wildman–Crippen MR) is 135 cm³/mol. The van der Waals surface area contributed by atoms with Gasteiger partial charge in [-0.2, -0.15) is 15.2 Å². The van der Waals surface area contributed by atoms with E-state index in [2.05, 4.69) is 25.6 Å². The highest BCUT2D eigenvalue weighted by molar-refractivity contribution is 7.14. The fourth-order valence-corrected chi connectivity index (χ4v) is 4.50. The summed E-state index contributed by atoms with van der Waals surface area (Å²) in [5.74, 6) is -0.838. The molecule has 0 fully saturated rings. The summed E-state index contributed by atoms with van der Waals surface area (Å²) in [6.07, 6.45) is 1.63. The molecule has 0 bridgehead atoms. The lowest BCUT2D eigenvalue weighted by Crippen LogP contribution is -2.28. The SMILES string of the molecule is COc1cccc(C2=NN(c3nc(-c4ccc(C(=O)O)cc4)cs3)C(=O)/C2=N\Nc2nccs2)c1. The normalized spacial score (nSPS) is 14.3. The third kappa shape index (κ3) is 4.52. The summed E-state index contributed by atoms with van der Waals surface area (Å²) < 4.78 is 5.32. The molecule has 0 saturated heterocycles. The number of thiazole rings is 2. The Morgan fingerprint density at radius 2 is 1.97 bits per heavy atom. The molecular weight excluding hydrogens is 488 g/mol. The molecule has 0 aliphatic carbocycles. The average molecular weight is 505 g/mol. The van der Waals surface area contributed by atoms with Gasteiger partial charge in [0.25, 0.3) is 0 Å².